The van der Waals surface area contributed by atoms with Crippen LogP contribution in [-0.4, -0.2) is 25.2 Å². The maximum absolute atomic E-state index is 11.9. The van der Waals surface area contributed by atoms with E-state index in [2.05, 4.69) is 31.9 Å². The van der Waals surface area contributed by atoms with E-state index in [0.717, 1.165) is 4.47 Å². The molecule has 1 unspecified atom stereocenters. The summed E-state index contributed by atoms with van der Waals surface area (Å²) in [6.07, 6.45) is 0. The summed E-state index contributed by atoms with van der Waals surface area (Å²) in [6.45, 7) is 4.02. The van der Waals surface area contributed by atoms with E-state index in [4.69, 9.17) is 9.47 Å². The first-order valence-electron chi connectivity index (χ1n) is 5.78. The molecule has 0 heterocycles. The molecule has 6 heteroatoms. The molecule has 1 aromatic carbocycles. The Morgan fingerprint density at radius 2 is 1.84 bits per heavy atom. The fourth-order valence-electron chi connectivity index (χ4n) is 1.48. The molecule has 0 aliphatic heterocycles. The standard InChI is InChI=1S/C13H14Br2O4/c1-3-18-12(16)10-7-8(14)5-6-9(10)11(15)13(17)19-4-2/h5-7,11H,3-4H2,1-2H3. The van der Waals surface area contributed by atoms with Crippen LogP contribution in [0.25, 0.3) is 0 Å². The molecule has 1 aromatic rings. The third-order valence-corrected chi connectivity index (χ3v) is 3.64. The van der Waals surface area contributed by atoms with Crippen LogP contribution in [0.3, 0.4) is 0 Å². The van der Waals surface area contributed by atoms with Gasteiger partial charge in [0.15, 0.2) is 0 Å². The van der Waals surface area contributed by atoms with Gasteiger partial charge in [0, 0.05) is 4.47 Å². The smallest absolute Gasteiger partial charge is 0.338 e. The van der Waals surface area contributed by atoms with Crippen molar-refractivity contribution in [2.24, 2.45) is 0 Å². The van der Waals surface area contributed by atoms with Crippen molar-refractivity contribution in [2.45, 2.75) is 18.7 Å². The second-order valence-electron chi connectivity index (χ2n) is 3.57. The van der Waals surface area contributed by atoms with Crippen LogP contribution in [-0.2, 0) is 14.3 Å². The minimum Gasteiger partial charge on any atom is -0.465 e. The minimum absolute atomic E-state index is 0.275. The van der Waals surface area contributed by atoms with Crippen molar-refractivity contribution in [3.8, 4) is 0 Å². The molecule has 0 fully saturated rings. The van der Waals surface area contributed by atoms with Gasteiger partial charge < -0.3 is 9.47 Å². The zero-order valence-electron chi connectivity index (χ0n) is 10.6. The van der Waals surface area contributed by atoms with E-state index in [9.17, 15) is 9.59 Å². The van der Waals surface area contributed by atoms with E-state index >= 15 is 0 Å². The number of carbonyl (C=O) groups is 2. The largest absolute Gasteiger partial charge is 0.465 e. The number of halogens is 2. The molecule has 1 rings (SSSR count). The number of alkyl halides is 1. The molecule has 0 radical (unpaired) electrons. The Kier molecular flexibility index (Phi) is 6.51. The lowest BCUT2D eigenvalue weighted by atomic mass is 10.0. The van der Waals surface area contributed by atoms with Crippen molar-refractivity contribution in [1.82, 2.24) is 0 Å². The molecule has 0 aliphatic carbocycles. The molecule has 0 aromatic heterocycles. The first-order chi connectivity index (χ1) is 9.01. The molecule has 0 amide bonds. The van der Waals surface area contributed by atoms with Crippen LogP contribution in [0.2, 0.25) is 0 Å². The zero-order valence-corrected chi connectivity index (χ0v) is 13.8. The average molecular weight is 394 g/mol. The normalized spacial score (nSPS) is 11.8. The molecular weight excluding hydrogens is 380 g/mol. The summed E-state index contributed by atoms with van der Waals surface area (Å²) in [5.74, 6) is -0.900. The van der Waals surface area contributed by atoms with Gasteiger partial charge in [-0.1, -0.05) is 37.9 Å². The lowest BCUT2D eigenvalue weighted by molar-refractivity contribution is -0.142. The predicted molar refractivity (Wildman–Crippen MR) is 78.4 cm³/mol. The summed E-state index contributed by atoms with van der Waals surface area (Å²) in [4.78, 5) is 22.9. The number of esters is 2. The summed E-state index contributed by atoms with van der Waals surface area (Å²) in [5.41, 5.74) is 0.867. The van der Waals surface area contributed by atoms with Gasteiger partial charge in [-0.15, -0.1) is 0 Å². The Bertz CT molecular complexity index is 474. The first kappa shape index (κ1) is 16.2. The van der Waals surface area contributed by atoms with Gasteiger partial charge in [-0.05, 0) is 31.5 Å². The highest BCUT2D eigenvalue weighted by molar-refractivity contribution is 9.10. The lowest BCUT2D eigenvalue weighted by Crippen LogP contribution is -2.15. The molecular formula is C13H14Br2O4. The maximum atomic E-state index is 11.9. The molecule has 0 saturated heterocycles. The molecule has 0 spiro atoms. The van der Waals surface area contributed by atoms with E-state index in [-0.39, 0.29) is 13.2 Å². The van der Waals surface area contributed by atoms with Crippen molar-refractivity contribution in [3.05, 3.63) is 33.8 Å². The van der Waals surface area contributed by atoms with Gasteiger partial charge in [0.2, 0.25) is 0 Å². The van der Waals surface area contributed by atoms with Gasteiger partial charge in [-0.3, -0.25) is 4.79 Å². The molecule has 19 heavy (non-hydrogen) atoms. The molecule has 0 bridgehead atoms. The Morgan fingerprint density at radius 3 is 2.42 bits per heavy atom. The Hall–Kier alpha value is -0.880. The Labute approximate surface area is 128 Å². The number of rotatable bonds is 5. The van der Waals surface area contributed by atoms with Crippen LogP contribution in [0.1, 0.15) is 34.6 Å². The molecule has 0 aliphatic rings. The van der Waals surface area contributed by atoms with Gasteiger partial charge in [-0.2, -0.15) is 0 Å². The predicted octanol–water partition coefficient (Wildman–Crippen LogP) is 3.62. The Balaban J connectivity index is 3.12. The third kappa shape index (κ3) is 4.31. The van der Waals surface area contributed by atoms with Crippen molar-refractivity contribution in [3.63, 3.8) is 0 Å². The van der Waals surface area contributed by atoms with Crippen LogP contribution in [0.15, 0.2) is 22.7 Å². The van der Waals surface area contributed by atoms with Crippen molar-refractivity contribution < 1.29 is 19.1 Å². The van der Waals surface area contributed by atoms with Gasteiger partial charge in [0.25, 0.3) is 0 Å². The number of ether oxygens (including phenoxy) is 2. The summed E-state index contributed by atoms with van der Waals surface area (Å²) >= 11 is 6.54. The van der Waals surface area contributed by atoms with Crippen LogP contribution in [0.5, 0.6) is 0 Å². The minimum atomic E-state index is -0.694. The molecule has 0 N–H and O–H groups in total. The fourth-order valence-corrected chi connectivity index (χ4v) is 2.37. The highest BCUT2D eigenvalue weighted by atomic mass is 79.9. The van der Waals surface area contributed by atoms with Gasteiger partial charge in [0.1, 0.15) is 4.83 Å². The van der Waals surface area contributed by atoms with E-state index in [1.165, 1.54) is 0 Å². The van der Waals surface area contributed by atoms with Crippen LogP contribution >= 0.6 is 31.9 Å². The topological polar surface area (TPSA) is 52.6 Å². The summed E-state index contributed by atoms with van der Waals surface area (Å²) in [5, 5.41) is 0. The third-order valence-electron chi connectivity index (χ3n) is 2.28. The number of hydrogen-bond acceptors (Lipinski definition) is 4. The summed E-state index contributed by atoms with van der Waals surface area (Å²) in [6, 6.07) is 5.07. The number of carbonyl (C=O) groups excluding carboxylic acids is 2. The van der Waals surface area contributed by atoms with Crippen molar-refractivity contribution >= 4 is 43.8 Å². The van der Waals surface area contributed by atoms with E-state index in [1.54, 1.807) is 32.0 Å². The fraction of sp³-hybridized carbons (Fsp3) is 0.385. The zero-order chi connectivity index (χ0) is 14.4. The van der Waals surface area contributed by atoms with Crippen LogP contribution < -0.4 is 0 Å². The molecule has 4 nitrogen and oxygen atoms in total. The molecule has 104 valence electrons. The second kappa shape index (κ2) is 7.65. The van der Waals surface area contributed by atoms with Crippen LogP contribution in [0, 0.1) is 0 Å². The molecule has 1 atom stereocenters. The van der Waals surface area contributed by atoms with Crippen molar-refractivity contribution in [2.75, 3.05) is 13.2 Å². The maximum Gasteiger partial charge on any atom is 0.338 e. The summed E-state index contributed by atoms with van der Waals surface area (Å²) in [7, 11) is 0. The number of hydrogen-bond donors (Lipinski definition) is 0. The SMILES string of the molecule is CCOC(=O)c1cc(Br)ccc1C(Br)C(=O)OCC. The molecule has 0 saturated carbocycles. The second-order valence-corrected chi connectivity index (χ2v) is 5.40. The van der Waals surface area contributed by atoms with E-state index in [0.29, 0.717) is 11.1 Å². The van der Waals surface area contributed by atoms with E-state index in [1.807, 2.05) is 0 Å². The monoisotopic (exact) mass is 392 g/mol. The van der Waals surface area contributed by atoms with E-state index < -0.39 is 16.8 Å². The highest BCUT2D eigenvalue weighted by Crippen LogP contribution is 2.30. The highest BCUT2D eigenvalue weighted by Gasteiger charge is 2.25. The van der Waals surface area contributed by atoms with Gasteiger partial charge in [-0.25, -0.2) is 4.79 Å². The van der Waals surface area contributed by atoms with Gasteiger partial charge >= 0.3 is 11.9 Å². The summed E-state index contributed by atoms with van der Waals surface area (Å²) < 4.78 is 10.7. The number of benzene rings is 1. The first-order valence-corrected chi connectivity index (χ1v) is 7.49. The lowest BCUT2D eigenvalue weighted by Gasteiger charge is -2.13. The van der Waals surface area contributed by atoms with Crippen molar-refractivity contribution in [1.29, 1.82) is 0 Å². The van der Waals surface area contributed by atoms with Gasteiger partial charge in [0.05, 0.1) is 18.8 Å². The average Bonchev–Trinajstić information content (AvgIpc) is 2.38. The quantitative estimate of drug-likeness (QED) is 0.566. The van der Waals surface area contributed by atoms with Crippen LogP contribution in [0.4, 0.5) is 0 Å². The Morgan fingerprint density at radius 1 is 1.21 bits per heavy atom.